The van der Waals surface area contributed by atoms with Crippen molar-refractivity contribution in [1.82, 2.24) is 10.2 Å². The van der Waals surface area contributed by atoms with Crippen LogP contribution in [0.4, 0.5) is 0 Å². The van der Waals surface area contributed by atoms with Crippen molar-refractivity contribution in [2.75, 3.05) is 39.3 Å². The Labute approximate surface area is 116 Å². The molecule has 0 bridgehead atoms. The van der Waals surface area contributed by atoms with E-state index in [0.29, 0.717) is 13.0 Å². The summed E-state index contributed by atoms with van der Waals surface area (Å²) in [5, 5.41) is 3.32. The molecule has 2 aliphatic rings. The molecule has 1 N–H and O–H groups in total. The van der Waals surface area contributed by atoms with Crippen LogP contribution in [-0.4, -0.2) is 50.2 Å². The van der Waals surface area contributed by atoms with Gasteiger partial charge in [0.2, 0.25) is 0 Å². The van der Waals surface area contributed by atoms with Crippen LogP contribution >= 0.6 is 0 Å². The van der Waals surface area contributed by atoms with Crippen molar-refractivity contribution >= 4 is 5.97 Å². The molecule has 1 aliphatic heterocycles. The number of hydrogen-bond donors (Lipinski definition) is 1. The van der Waals surface area contributed by atoms with Crippen LogP contribution in [0.5, 0.6) is 0 Å². The van der Waals surface area contributed by atoms with Gasteiger partial charge in [0.25, 0.3) is 0 Å². The Morgan fingerprint density at radius 1 is 1.16 bits per heavy atom. The highest BCUT2D eigenvalue weighted by Gasteiger charge is 2.15. The molecule has 1 saturated carbocycles. The first kappa shape index (κ1) is 14.8. The highest BCUT2D eigenvalue weighted by atomic mass is 16.5. The van der Waals surface area contributed by atoms with Crippen molar-refractivity contribution < 1.29 is 9.53 Å². The van der Waals surface area contributed by atoms with Gasteiger partial charge in [-0.05, 0) is 12.3 Å². The Kier molecular flexibility index (Phi) is 6.65. The summed E-state index contributed by atoms with van der Waals surface area (Å²) >= 11 is 0. The summed E-state index contributed by atoms with van der Waals surface area (Å²) in [4.78, 5) is 14.0. The lowest BCUT2D eigenvalue weighted by atomic mass is 9.86. The summed E-state index contributed by atoms with van der Waals surface area (Å²) in [6.07, 6.45) is 8.36. The minimum absolute atomic E-state index is 0.000655. The molecule has 110 valence electrons. The first-order chi connectivity index (χ1) is 9.34. The predicted octanol–water partition coefficient (Wildman–Crippen LogP) is 1.80. The fraction of sp³-hybridized carbons (Fsp3) is 0.933. The van der Waals surface area contributed by atoms with E-state index in [1.54, 1.807) is 0 Å². The van der Waals surface area contributed by atoms with Crippen LogP contribution in [0.1, 0.15) is 44.9 Å². The first-order valence-electron chi connectivity index (χ1n) is 7.93. The van der Waals surface area contributed by atoms with Gasteiger partial charge in [0.05, 0.1) is 0 Å². The smallest absolute Gasteiger partial charge is 0.305 e. The average Bonchev–Trinajstić information content (AvgIpc) is 2.47. The van der Waals surface area contributed by atoms with Crippen molar-refractivity contribution in [3.05, 3.63) is 0 Å². The van der Waals surface area contributed by atoms with E-state index in [0.717, 1.165) is 45.1 Å². The summed E-state index contributed by atoms with van der Waals surface area (Å²) in [5.74, 6) is 0.773. The standard InChI is InChI=1S/C15H28N2O2/c18-15(7-6-14-4-2-1-3-5-14)19-13-12-17-10-8-16-9-11-17/h14,16H,1-13H2. The Balaban J connectivity index is 1.49. The maximum absolute atomic E-state index is 11.7. The molecule has 4 nitrogen and oxygen atoms in total. The monoisotopic (exact) mass is 268 g/mol. The van der Waals surface area contributed by atoms with E-state index < -0.39 is 0 Å². The second-order valence-corrected chi connectivity index (χ2v) is 5.85. The Morgan fingerprint density at radius 2 is 1.89 bits per heavy atom. The topological polar surface area (TPSA) is 41.6 Å². The largest absolute Gasteiger partial charge is 0.464 e. The minimum Gasteiger partial charge on any atom is -0.464 e. The summed E-state index contributed by atoms with van der Waals surface area (Å²) in [6.45, 7) is 5.69. The van der Waals surface area contributed by atoms with Gasteiger partial charge in [0.1, 0.15) is 6.61 Å². The molecular weight excluding hydrogens is 240 g/mol. The molecule has 2 rings (SSSR count). The van der Waals surface area contributed by atoms with Crippen LogP contribution in [-0.2, 0) is 9.53 Å². The number of nitrogens with zero attached hydrogens (tertiary/aromatic N) is 1. The number of nitrogens with one attached hydrogen (secondary N) is 1. The molecule has 19 heavy (non-hydrogen) atoms. The molecular formula is C15H28N2O2. The quantitative estimate of drug-likeness (QED) is 0.746. The highest BCUT2D eigenvalue weighted by molar-refractivity contribution is 5.69. The fourth-order valence-corrected chi connectivity index (χ4v) is 3.09. The number of carbonyl (C=O) groups excluding carboxylic acids is 1. The third-order valence-corrected chi connectivity index (χ3v) is 4.36. The number of piperazine rings is 1. The number of carbonyl (C=O) groups is 1. The van der Waals surface area contributed by atoms with Gasteiger partial charge in [-0.15, -0.1) is 0 Å². The van der Waals surface area contributed by atoms with Crippen LogP contribution in [0.15, 0.2) is 0 Å². The van der Waals surface area contributed by atoms with Gasteiger partial charge in [0, 0.05) is 39.1 Å². The SMILES string of the molecule is O=C(CCC1CCCCC1)OCCN1CCNCC1. The Hall–Kier alpha value is -0.610. The van der Waals surface area contributed by atoms with Crippen molar-refractivity contribution in [2.45, 2.75) is 44.9 Å². The van der Waals surface area contributed by atoms with Crippen LogP contribution in [0, 0.1) is 5.92 Å². The van der Waals surface area contributed by atoms with Crippen LogP contribution < -0.4 is 5.32 Å². The van der Waals surface area contributed by atoms with E-state index in [1.807, 2.05) is 0 Å². The summed E-state index contributed by atoms with van der Waals surface area (Å²) < 4.78 is 5.33. The molecule has 0 unspecified atom stereocenters. The van der Waals surface area contributed by atoms with Crippen molar-refractivity contribution in [2.24, 2.45) is 5.92 Å². The van der Waals surface area contributed by atoms with Gasteiger partial charge >= 0.3 is 5.97 Å². The third kappa shape index (κ3) is 5.91. The average molecular weight is 268 g/mol. The molecule has 0 aromatic rings. The second-order valence-electron chi connectivity index (χ2n) is 5.85. The maximum Gasteiger partial charge on any atom is 0.305 e. The minimum atomic E-state index is 0.000655. The second kappa shape index (κ2) is 8.54. The molecule has 0 aromatic carbocycles. The first-order valence-corrected chi connectivity index (χ1v) is 7.93. The van der Waals surface area contributed by atoms with E-state index >= 15 is 0 Å². The molecule has 0 amide bonds. The van der Waals surface area contributed by atoms with Crippen LogP contribution in [0.25, 0.3) is 0 Å². The zero-order valence-electron chi connectivity index (χ0n) is 12.0. The van der Waals surface area contributed by atoms with Gasteiger partial charge < -0.3 is 10.1 Å². The molecule has 0 aromatic heterocycles. The molecule has 0 radical (unpaired) electrons. The van der Waals surface area contributed by atoms with E-state index in [9.17, 15) is 4.79 Å². The van der Waals surface area contributed by atoms with E-state index in [4.69, 9.17) is 4.74 Å². The van der Waals surface area contributed by atoms with Gasteiger partial charge in [-0.2, -0.15) is 0 Å². The maximum atomic E-state index is 11.7. The molecule has 0 atom stereocenters. The van der Waals surface area contributed by atoms with E-state index in [-0.39, 0.29) is 5.97 Å². The highest BCUT2D eigenvalue weighted by Crippen LogP contribution is 2.27. The molecule has 0 spiro atoms. The van der Waals surface area contributed by atoms with Gasteiger partial charge in [-0.1, -0.05) is 32.1 Å². The number of hydrogen-bond acceptors (Lipinski definition) is 4. The number of ether oxygens (including phenoxy) is 1. The zero-order valence-corrected chi connectivity index (χ0v) is 12.0. The third-order valence-electron chi connectivity index (χ3n) is 4.36. The fourth-order valence-electron chi connectivity index (χ4n) is 3.09. The normalized spacial score (nSPS) is 22.3. The Morgan fingerprint density at radius 3 is 2.63 bits per heavy atom. The van der Waals surface area contributed by atoms with Gasteiger partial charge in [0.15, 0.2) is 0 Å². The van der Waals surface area contributed by atoms with Gasteiger partial charge in [-0.25, -0.2) is 0 Å². The summed E-state index contributed by atoms with van der Waals surface area (Å²) in [5.41, 5.74) is 0. The number of rotatable bonds is 6. The molecule has 1 aliphatic carbocycles. The van der Waals surface area contributed by atoms with Gasteiger partial charge in [-0.3, -0.25) is 9.69 Å². The Bertz CT molecular complexity index is 259. The van der Waals surface area contributed by atoms with Crippen molar-refractivity contribution in [1.29, 1.82) is 0 Å². The molecule has 1 saturated heterocycles. The van der Waals surface area contributed by atoms with E-state index in [1.165, 1.54) is 32.1 Å². The lowest BCUT2D eigenvalue weighted by Crippen LogP contribution is -2.44. The van der Waals surface area contributed by atoms with Crippen molar-refractivity contribution in [3.63, 3.8) is 0 Å². The van der Waals surface area contributed by atoms with Crippen LogP contribution in [0.3, 0.4) is 0 Å². The lowest BCUT2D eigenvalue weighted by Gasteiger charge is -2.26. The van der Waals surface area contributed by atoms with Crippen molar-refractivity contribution in [3.8, 4) is 0 Å². The van der Waals surface area contributed by atoms with E-state index in [2.05, 4.69) is 10.2 Å². The molecule has 2 fully saturated rings. The summed E-state index contributed by atoms with van der Waals surface area (Å²) in [6, 6.07) is 0. The molecule has 1 heterocycles. The summed E-state index contributed by atoms with van der Waals surface area (Å²) in [7, 11) is 0. The zero-order chi connectivity index (χ0) is 13.3. The van der Waals surface area contributed by atoms with Crippen LogP contribution in [0.2, 0.25) is 0 Å². The predicted molar refractivity (Wildman–Crippen MR) is 76.1 cm³/mol. The molecule has 4 heteroatoms. The number of esters is 1. The lowest BCUT2D eigenvalue weighted by molar-refractivity contribution is -0.144.